The molecule has 2 aromatic heterocycles. The summed E-state index contributed by atoms with van der Waals surface area (Å²) in [6, 6.07) is 2.06. The number of thiazole rings is 1. The third-order valence-electron chi connectivity index (χ3n) is 13.7. The molecule has 2 bridgehead atoms. The van der Waals surface area contributed by atoms with Crippen LogP contribution in [0.25, 0.3) is 10.6 Å². The van der Waals surface area contributed by atoms with Crippen LogP contribution >= 0.6 is 11.3 Å². The van der Waals surface area contributed by atoms with Crippen LogP contribution in [-0.2, 0) is 59.1 Å². The second kappa shape index (κ2) is 24.5. The number of aliphatic imine (C=N–C) groups is 1. The number of aliphatic hydroxyl groups excluding tert-OH is 1. The first-order valence-corrected chi connectivity index (χ1v) is 25.2. The van der Waals surface area contributed by atoms with Crippen LogP contribution < -0.4 is 16.8 Å². The van der Waals surface area contributed by atoms with E-state index in [9.17, 15) is 34.2 Å². The van der Waals surface area contributed by atoms with Crippen molar-refractivity contribution in [3.05, 3.63) is 29.4 Å². The van der Waals surface area contributed by atoms with E-state index < -0.39 is 113 Å². The first kappa shape index (κ1) is 58.2. The third kappa shape index (κ3) is 13.9. The monoisotopic (exact) mass is 1030 g/mol. The van der Waals surface area contributed by atoms with Crippen LogP contribution in [0.1, 0.15) is 107 Å². The first-order chi connectivity index (χ1) is 33.7. The molecule has 0 aliphatic carbocycles. The Morgan fingerprint density at radius 3 is 2.43 bits per heavy atom. The number of oxime groups is 1. The number of anilines is 1. The van der Waals surface area contributed by atoms with Gasteiger partial charge in [0.1, 0.15) is 34.3 Å². The molecule has 3 fully saturated rings. The topological polar surface area (TPSA) is 299 Å². The Hall–Kier alpha value is -4.72. The summed E-state index contributed by atoms with van der Waals surface area (Å²) in [5, 5.41) is 33.5. The normalized spacial score (nSPS) is 34.7. The average molecular weight is 1030 g/mol. The van der Waals surface area contributed by atoms with Crippen molar-refractivity contribution in [2.24, 2.45) is 39.4 Å². The zero-order chi connectivity index (χ0) is 53.5. The number of pyridine rings is 1. The Kier molecular flexibility index (Phi) is 19.8. The summed E-state index contributed by atoms with van der Waals surface area (Å²) in [7, 11) is 3.60. The maximum Gasteiger partial charge on any atom is 0.351 e. The fraction of sp³-hybridized carbons (Fsp3) is 0.694. The van der Waals surface area contributed by atoms with E-state index in [4.69, 9.17) is 40.0 Å². The van der Waals surface area contributed by atoms with Gasteiger partial charge in [-0.1, -0.05) is 39.8 Å². The number of hydrogen-bond donors (Lipinski definition) is 5. The first-order valence-electron chi connectivity index (χ1n) is 24.4. The Morgan fingerprint density at radius 1 is 1.10 bits per heavy atom. The fourth-order valence-corrected chi connectivity index (χ4v) is 10.3. The van der Waals surface area contributed by atoms with Gasteiger partial charge in [0.05, 0.1) is 48.9 Å². The van der Waals surface area contributed by atoms with Crippen molar-refractivity contribution >= 4 is 58.1 Å². The van der Waals surface area contributed by atoms with Gasteiger partial charge in [-0.25, -0.2) is 19.2 Å². The number of nitrogens with one attached hydrogen (secondary N) is 1. The Labute approximate surface area is 423 Å². The van der Waals surface area contributed by atoms with E-state index in [1.165, 1.54) is 25.2 Å². The minimum atomic E-state index is -3.26. The van der Waals surface area contributed by atoms with Crippen molar-refractivity contribution in [2.75, 3.05) is 32.6 Å². The predicted octanol–water partition coefficient (Wildman–Crippen LogP) is 3.65. The van der Waals surface area contributed by atoms with Crippen molar-refractivity contribution < 1.29 is 67.1 Å². The largest absolute Gasteiger partial charge is 0.457 e. The number of hydrogen-bond acceptors (Lipinski definition) is 19. The number of fused-ring (bicyclic) bond motifs is 5. The summed E-state index contributed by atoms with van der Waals surface area (Å²) in [5.74, 6) is -7.03. The molecule has 5 heterocycles. The Bertz CT molecular complexity index is 2300. The number of nitrogens with two attached hydrogens (primary N) is 2. The van der Waals surface area contributed by atoms with E-state index in [0.29, 0.717) is 28.4 Å². The number of rotatable bonds is 14. The molecule has 0 aromatic carbocycles. The number of halogens is 1. The van der Waals surface area contributed by atoms with Crippen LogP contribution in [0.4, 0.5) is 10.2 Å². The molecule has 5 rings (SSSR count). The van der Waals surface area contributed by atoms with E-state index >= 15 is 4.39 Å². The molecule has 0 unspecified atom stereocenters. The molecule has 0 spiro atoms. The van der Waals surface area contributed by atoms with Crippen LogP contribution in [0.5, 0.6) is 0 Å². The highest BCUT2D eigenvalue weighted by molar-refractivity contribution is 7.13. The van der Waals surface area contributed by atoms with Gasteiger partial charge >= 0.3 is 5.97 Å². The number of amides is 3. The SMILES string of the molecule is CCC(=O)/N=C1\[C@H](C)C[C@@]2(C)OC/C(=N/OCc3ccc(-c4nc(NC(=O)[C@@H](N)CCC(N)=O)cs4)cn3)CO[C@H]([C@H]1C)[C@](C)(O)[C@@H](CC)OC(=O)[C@@](C)(F)C(=O)[C@H](C)[C@H]2O[C@@H]1O[C@H](C)C[C@H](N(C)C)[C@H]1O. The number of carbonyl (C=O) groups excluding carboxylic acids is 5. The van der Waals surface area contributed by atoms with Gasteiger partial charge in [0.15, 0.2) is 18.7 Å². The maximum absolute atomic E-state index is 17.0. The second-order valence-electron chi connectivity index (χ2n) is 19.9. The van der Waals surface area contributed by atoms with E-state index in [1.807, 2.05) is 11.8 Å². The van der Waals surface area contributed by atoms with Crippen LogP contribution in [0, 0.1) is 17.8 Å². The van der Waals surface area contributed by atoms with E-state index in [2.05, 4.69) is 25.4 Å². The lowest BCUT2D eigenvalue weighted by Crippen LogP contribution is -2.61. The predicted molar refractivity (Wildman–Crippen MR) is 264 cm³/mol. The lowest BCUT2D eigenvalue weighted by molar-refractivity contribution is -0.296. The summed E-state index contributed by atoms with van der Waals surface area (Å²) in [5.41, 5.74) is 5.63. The van der Waals surface area contributed by atoms with Crippen molar-refractivity contribution in [3.63, 3.8) is 0 Å². The molecule has 21 nitrogen and oxygen atoms in total. The number of alkyl halides is 1. The van der Waals surface area contributed by atoms with Crippen LogP contribution in [-0.4, -0.2) is 159 Å². The van der Waals surface area contributed by atoms with Crippen LogP contribution in [0.2, 0.25) is 0 Å². The summed E-state index contributed by atoms with van der Waals surface area (Å²) in [4.78, 5) is 86.6. The standard InChI is InChI=1S/C49H73FN8O13S/c1-12-34-49(9,65)42-27(5)38(56-37(60)13-2)25(3)19-47(7,41(28(6)40(62)48(8,50)46(64)70-34)71-45-39(61)33(58(10)11)18-26(4)69-45)67-22-31(21-66-42)57-68-23-30-15-14-29(20-53-30)44-55-36(24-72-44)54-43(63)32(51)16-17-35(52)59/h14-15,20,24-28,32-34,39,41-42,45,61,65H,12-13,16-19,21-23,51H2,1-11H3,(H2,52,59)(H,54,63)/b56-38+,57-31+/t25-,26-,27+,28+,32+,33+,34-,39-,41-,42-,45+,47-,48+,49-/m1/s1. The molecule has 3 aliphatic heterocycles. The van der Waals surface area contributed by atoms with E-state index in [-0.39, 0.29) is 63.5 Å². The number of aliphatic hydroxyl groups is 2. The molecule has 23 heteroatoms. The zero-order valence-electron chi connectivity index (χ0n) is 43.1. The van der Waals surface area contributed by atoms with Gasteiger partial charge < -0.3 is 60.4 Å². The number of Topliss-reactive ketones (excluding diaryl/α,β-unsaturated/α-hetero) is 1. The second-order valence-corrected chi connectivity index (χ2v) is 20.8. The Balaban J connectivity index is 1.55. The van der Waals surface area contributed by atoms with Crippen LogP contribution in [0.15, 0.2) is 33.9 Å². The van der Waals surface area contributed by atoms with Gasteiger partial charge in [0.2, 0.25) is 17.7 Å². The van der Waals surface area contributed by atoms with E-state index in [1.54, 1.807) is 72.4 Å². The fourth-order valence-electron chi connectivity index (χ4n) is 9.59. The van der Waals surface area contributed by atoms with Crippen molar-refractivity contribution in [1.82, 2.24) is 14.9 Å². The minimum absolute atomic E-state index is 0.0331. The van der Waals surface area contributed by atoms with Gasteiger partial charge in [-0.3, -0.25) is 24.2 Å². The van der Waals surface area contributed by atoms with Gasteiger partial charge in [-0.15, -0.1) is 11.3 Å². The molecular weight excluding hydrogens is 960 g/mol. The molecular formula is C49H73FN8O13S. The molecule has 7 N–H and O–H groups in total. The molecule has 72 heavy (non-hydrogen) atoms. The molecule has 2 aromatic rings. The summed E-state index contributed by atoms with van der Waals surface area (Å²) >= 11 is 1.26. The van der Waals surface area contributed by atoms with Crippen molar-refractivity contribution in [2.45, 2.75) is 173 Å². The third-order valence-corrected chi connectivity index (χ3v) is 14.6. The highest BCUT2D eigenvalue weighted by atomic mass is 32.1. The quantitative estimate of drug-likeness (QED) is 0.102. The molecule has 400 valence electrons. The number of likely N-dealkylation sites (N-methyl/N-ethyl adjacent to an activating group) is 1. The number of esters is 1. The number of carbonyl (C=O) groups is 5. The molecule has 3 amide bonds. The van der Waals surface area contributed by atoms with Crippen molar-refractivity contribution in [1.29, 1.82) is 0 Å². The van der Waals surface area contributed by atoms with Crippen LogP contribution in [0.3, 0.4) is 0 Å². The van der Waals surface area contributed by atoms with E-state index in [0.717, 1.165) is 6.92 Å². The maximum atomic E-state index is 17.0. The lowest BCUT2D eigenvalue weighted by atomic mass is 9.73. The molecule has 3 aliphatic rings. The van der Waals surface area contributed by atoms with Gasteiger partial charge in [-0.05, 0) is 85.5 Å². The van der Waals surface area contributed by atoms with Crippen molar-refractivity contribution in [3.8, 4) is 10.6 Å². The smallest absolute Gasteiger partial charge is 0.351 e. The zero-order valence-corrected chi connectivity index (χ0v) is 43.9. The Morgan fingerprint density at radius 2 is 1.81 bits per heavy atom. The summed E-state index contributed by atoms with van der Waals surface area (Å²) in [6.45, 7) is 13.0. The highest BCUT2D eigenvalue weighted by Crippen LogP contribution is 2.41. The molecule has 0 saturated carbocycles. The number of cyclic esters (lactones) is 1. The highest BCUT2D eigenvalue weighted by Gasteiger charge is 2.57. The molecule has 3 saturated heterocycles. The molecule has 14 atom stereocenters. The molecule has 0 radical (unpaired) electrons. The summed E-state index contributed by atoms with van der Waals surface area (Å²) < 4.78 is 49.1. The van der Waals surface area contributed by atoms with Gasteiger partial charge in [0.25, 0.3) is 5.67 Å². The van der Waals surface area contributed by atoms with Gasteiger partial charge in [-0.2, -0.15) is 0 Å². The number of primary amides is 1. The van der Waals surface area contributed by atoms with Gasteiger partial charge in [0, 0.05) is 53.6 Å². The lowest BCUT2D eigenvalue weighted by Gasteiger charge is -2.47. The average Bonchev–Trinajstić information content (AvgIpc) is 3.79. The number of aromatic nitrogens is 2. The minimum Gasteiger partial charge on any atom is -0.457 e. The summed E-state index contributed by atoms with van der Waals surface area (Å²) in [6.07, 6.45) is -5.16. The number of ketones is 1. The number of ether oxygens (including phenoxy) is 5. The number of nitrogens with zero attached hydrogens (tertiary/aromatic N) is 5.